The first kappa shape index (κ1) is 12.4. The number of allylic oxidation sites excluding steroid dienone is 1. The Morgan fingerprint density at radius 1 is 1.20 bits per heavy atom. The van der Waals surface area contributed by atoms with Gasteiger partial charge in [0.2, 0.25) is 0 Å². The Morgan fingerprint density at radius 3 is 2.33 bits per heavy atom. The lowest BCUT2D eigenvalue weighted by Gasteiger charge is -2.09. The molecule has 0 atom stereocenters. The summed E-state index contributed by atoms with van der Waals surface area (Å²) in [5.74, 6) is 0. The summed E-state index contributed by atoms with van der Waals surface area (Å²) < 4.78 is 1.21. The third kappa shape index (κ3) is 5.11. The fourth-order valence-corrected chi connectivity index (χ4v) is 1.54. The number of aliphatic imine (C=N–C) groups is 1. The van der Waals surface area contributed by atoms with Crippen LogP contribution < -0.4 is 0 Å². The highest BCUT2D eigenvalue weighted by molar-refractivity contribution is 14.1. The highest BCUT2D eigenvalue weighted by atomic mass is 127. The van der Waals surface area contributed by atoms with Crippen LogP contribution in [0.2, 0.25) is 0 Å². The molecular weight excluding hydrogens is 297 g/mol. The van der Waals surface area contributed by atoms with E-state index in [0.29, 0.717) is 0 Å². The molecule has 2 heteroatoms. The molecule has 0 saturated heterocycles. The SMILES string of the molecule is CC(C)(C)N=C/C=C(\I)c1ccccc1. The van der Waals surface area contributed by atoms with E-state index in [1.54, 1.807) is 0 Å². The van der Waals surface area contributed by atoms with Gasteiger partial charge in [0.25, 0.3) is 0 Å². The number of benzene rings is 1. The first-order valence-electron chi connectivity index (χ1n) is 4.95. The summed E-state index contributed by atoms with van der Waals surface area (Å²) in [4.78, 5) is 4.42. The molecule has 1 aromatic carbocycles. The van der Waals surface area contributed by atoms with Crippen molar-refractivity contribution in [1.82, 2.24) is 0 Å². The van der Waals surface area contributed by atoms with Crippen molar-refractivity contribution < 1.29 is 0 Å². The van der Waals surface area contributed by atoms with Gasteiger partial charge in [-0.2, -0.15) is 0 Å². The lowest BCUT2D eigenvalue weighted by Crippen LogP contribution is -2.08. The minimum atomic E-state index is 0.00408. The fraction of sp³-hybridized carbons (Fsp3) is 0.308. The summed E-state index contributed by atoms with van der Waals surface area (Å²) >= 11 is 2.33. The first-order chi connectivity index (χ1) is 6.99. The monoisotopic (exact) mass is 313 g/mol. The summed E-state index contributed by atoms with van der Waals surface area (Å²) in [6.07, 6.45) is 3.93. The van der Waals surface area contributed by atoms with E-state index in [0.717, 1.165) is 0 Å². The second-order valence-electron chi connectivity index (χ2n) is 4.33. The largest absolute Gasteiger partial charge is 0.287 e. The van der Waals surface area contributed by atoms with Crippen molar-refractivity contribution >= 4 is 32.4 Å². The van der Waals surface area contributed by atoms with Crippen LogP contribution in [0.1, 0.15) is 26.3 Å². The molecule has 0 amide bonds. The molecule has 0 radical (unpaired) electrons. The second-order valence-corrected chi connectivity index (χ2v) is 5.49. The predicted octanol–water partition coefficient (Wildman–Crippen LogP) is 4.33. The van der Waals surface area contributed by atoms with Crippen molar-refractivity contribution in [2.24, 2.45) is 4.99 Å². The highest BCUT2D eigenvalue weighted by Crippen LogP contribution is 2.20. The van der Waals surface area contributed by atoms with E-state index in [1.165, 1.54) is 9.14 Å². The zero-order valence-corrected chi connectivity index (χ0v) is 11.5. The molecule has 0 N–H and O–H groups in total. The molecule has 0 saturated carbocycles. The van der Waals surface area contributed by atoms with E-state index in [4.69, 9.17) is 0 Å². The Labute approximate surface area is 105 Å². The van der Waals surface area contributed by atoms with Crippen LogP contribution in [0, 0.1) is 0 Å². The second kappa shape index (κ2) is 5.45. The molecule has 15 heavy (non-hydrogen) atoms. The lowest BCUT2D eigenvalue weighted by atomic mass is 10.1. The van der Waals surface area contributed by atoms with Crippen LogP contribution in [0.5, 0.6) is 0 Å². The molecule has 0 aliphatic heterocycles. The Balaban J connectivity index is 2.74. The highest BCUT2D eigenvalue weighted by Gasteiger charge is 2.03. The van der Waals surface area contributed by atoms with E-state index in [2.05, 4.69) is 60.5 Å². The zero-order chi connectivity index (χ0) is 11.3. The van der Waals surface area contributed by atoms with Gasteiger partial charge in [-0.05, 0) is 55.0 Å². The number of hydrogen-bond donors (Lipinski definition) is 0. The topological polar surface area (TPSA) is 12.4 Å². The standard InChI is InChI=1S/C13H16IN/c1-13(2,3)15-10-9-12(14)11-7-5-4-6-8-11/h4-10H,1-3H3/b12-9-,15-10?. The maximum Gasteiger partial charge on any atom is 0.0524 e. The third-order valence-corrected chi connectivity index (χ3v) is 2.71. The van der Waals surface area contributed by atoms with E-state index in [-0.39, 0.29) is 5.54 Å². The lowest BCUT2D eigenvalue weighted by molar-refractivity contribution is 0.587. The minimum Gasteiger partial charge on any atom is -0.287 e. The Bertz CT molecular complexity index is 358. The van der Waals surface area contributed by atoms with Gasteiger partial charge < -0.3 is 0 Å². The molecule has 0 spiro atoms. The molecular formula is C13H16IN. The van der Waals surface area contributed by atoms with Gasteiger partial charge in [0, 0.05) is 9.79 Å². The summed E-state index contributed by atoms with van der Waals surface area (Å²) in [7, 11) is 0. The maximum absolute atomic E-state index is 4.42. The van der Waals surface area contributed by atoms with Gasteiger partial charge in [0.15, 0.2) is 0 Å². The van der Waals surface area contributed by atoms with Crippen molar-refractivity contribution in [1.29, 1.82) is 0 Å². The van der Waals surface area contributed by atoms with Crippen LogP contribution >= 0.6 is 22.6 Å². The van der Waals surface area contributed by atoms with Crippen LogP contribution in [0.3, 0.4) is 0 Å². The quantitative estimate of drug-likeness (QED) is 0.569. The molecule has 0 bridgehead atoms. The number of nitrogens with zero attached hydrogens (tertiary/aromatic N) is 1. The van der Waals surface area contributed by atoms with Crippen molar-refractivity contribution in [3.63, 3.8) is 0 Å². The van der Waals surface area contributed by atoms with Gasteiger partial charge in [-0.3, -0.25) is 4.99 Å². The van der Waals surface area contributed by atoms with Crippen LogP contribution in [0.15, 0.2) is 41.4 Å². The van der Waals surface area contributed by atoms with Crippen LogP contribution in [-0.4, -0.2) is 11.8 Å². The smallest absolute Gasteiger partial charge is 0.0524 e. The molecule has 0 fully saturated rings. The van der Waals surface area contributed by atoms with Gasteiger partial charge in [0.05, 0.1) is 5.54 Å². The van der Waals surface area contributed by atoms with Crippen LogP contribution in [-0.2, 0) is 0 Å². The van der Waals surface area contributed by atoms with E-state index in [9.17, 15) is 0 Å². The molecule has 0 aromatic heterocycles. The molecule has 0 aliphatic rings. The van der Waals surface area contributed by atoms with Crippen LogP contribution in [0.25, 0.3) is 3.58 Å². The van der Waals surface area contributed by atoms with Gasteiger partial charge in [-0.25, -0.2) is 0 Å². The van der Waals surface area contributed by atoms with Gasteiger partial charge in [-0.1, -0.05) is 30.3 Å². The normalized spacial score (nSPS) is 13.5. The molecule has 1 nitrogen and oxygen atoms in total. The molecule has 0 aliphatic carbocycles. The molecule has 80 valence electrons. The Kier molecular flexibility index (Phi) is 4.51. The van der Waals surface area contributed by atoms with Gasteiger partial charge >= 0.3 is 0 Å². The van der Waals surface area contributed by atoms with Crippen molar-refractivity contribution in [2.75, 3.05) is 0 Å². The zero-order valence-electron chi connectivity index (χ0n) is 9.37. The molecule has 1 rings (SSSR count). The summed E-state index contributed by atoms with van der Waals surface area (Å²) in [6, 6.07) is 10.3. The summed E-state index contributed by atoms with van der Waals surface area (Å²) in [5, 5.41) is 0. The summed E-state index contributed by atoms with van der Waals surface area (Å²) in [6.45, 7) is 6.27. The van der Waals surface area contributed by atoms with E-state index in [1.807, 2.05) is 30.5 Å². The Hall–Kier alpha value is -0.640. The molecule has 0 unspecified atom stereocenters. The first-order valence-corrected chi connectivity index (χ1v) is 6.03. The predicted molar refractivity (Wildman–Crippen MR) is 76.7 cm³/mol. The number of hydrogen-bond acceptors (Lipinski definition) is 1. The van der Waals surface area contributed by atoms with Gasteiger partial charge in [-0.15, -0.1) is 0 Å². The summed E-state index contributed by atoms with van der Waals surface area (Å²) in [5.41, 5.74) is 1.24. The number of halogens is 1. The average molecular weight is 313 g/mol. The van der Waals surface area contributed by atoms with Crippen molar-refractivity contribution in [2.45, 2.75) is 26.3 Å². The van der Waals surface area contributed by atoms with Crippen molar-refractivity contribution in [3.8, 4) is 0 Å². The maximum atomic E-state index is 4.42. The number of rotatable bonds is 2. The van der Waals surface area contributed by atoms with E-state index < -0.39 is 0 Å². The van der Waals surface area contributed by atoms with E-state index >= 15 is 0 Å². The molecule has 0 heterocycles. The average Bonchev–Trinajstić information content (AvgIpc) is 2.17. The fourth-order valence-electron chi connectivity index (χ4n) is 1.02. The minimum absolute atomic E-state index is 0.00408. The molecule has 1 aromatic rings. The Morgan fingerprint density at radius 2 is 1.80 bits per heavy atom. The third-order valence-electron chi connectivity index (χ3n) is 1.73. The van der Waals surface area contributed by atoms with Crippen LogP contribution in [0.4, 0.5) is 0 Å². The van der Waals surface area contributed by atoms with Crippen molar-refractivity contribution in [3.05, 3.63) is 42.0 Å². The van der Waals surface area contributed by atoms with Gasteiger partial charge in [0.1, 0.15) is 0 Å².